The van der Waals surface area contributed by atoms with Gasteiger partial charge in [-0.15, -0.1) is 0 Å². The monoisotopic (exact) mass is 254 g/mol. The van der Waals surface area contributed by atoms with Crippen molar-refractivity contribution in [3.63, 3.8) is 0 Å². The van der Waals surface area contributed by atoms with Crippen LogP contribution in [0.25, 0.3) is 0 Å². The molecule has 0 amide bonds. The van der Waals surface area contributed by atoms with Crippen LogP contribution in [-0.4, -0.2) is 5.01 Å². The van der Waals surface area contributed by atoms with E-state index in [4.69, 9.17) is 4.74 Å². The normalized spacial score (nSPS) is 12.3. The molecule has 1 rings (SSSR count). The summed E-state index contributed by atoms with van der Waals surface area (Å²) < 4.78 is 5.68. The molecule has 1 nitrogen and oxygen atoms in total. The molecule has 1 aromatic rings. The summed E-state index contributed by atoms with van der Waals surface area (Å²) in [5.74, 6) is 0.942. The summed E-state index contributed by atoms with van der Waals surface area (Å²) in [6.07, 6.45) is 1.72. The fourth-order valence-electron chi connectivity index (χ4n) is 1.51. The van der Waals surface area contributed by atoms with E-state index in [1.807, 2.05) is 0 Å². The molecule has 1 unspecified atom stereocenters. The Hall–Kier alpha value is -0.760. The third-order valence-electron chi connectivity index (χ3n) is 2.02. The highest BCUT2D eigenvalue weighted by atomic mass is 79.9. The van der Waals surface area contributed by atoms with Gasteiger partial charge in [0.05, 0.1) is 0 Å². The average molecular weight is 255 g/mol. The molecule has 1 aromatic carbocycles. The summed E-state index contributed by atoms with van der Waals surface area (Å²) in [4.78, 5) is 0. The minimum absolute atomic E-state index is 0.123. The summed E-state index contributed by atoms with van der Waals surface area (Å²) in [5, 5.41) is -0.123. The second kappa shape index (κ2) is 4.65. The van der Waals surface area contributed by atoms with Gasteiger partial charge in [0.2, 0.25) is 0 Å². The molecule has 0 N–H and O–H groups in total. The van der Waals surface area contributed by atoms with Gasteiger partial charge in [-0.05, 0) is 53.9 Å². The Bertz CT molecular complexity index is 321. The summed E-state index contributed by atoms with van der Waals surface area (Å²) in [6, 6.07) is 4.23. The first kappa shape index (κ1) is 11.3. The van der Waals surface area contributed by atoms with Gasteiger partial charge < -0.3 is 4.74 Å². The molecular weight excluding hydrogens is 240 g/mol. The van der Waals surface area contributed by atoms with Crippen LogP contribution in [-0.2, 0) is 0 Å². The molecule has 1 atom stereocenters. The SMILES string of the molecule is C=CC(Br)Oc1c(C)cc(C)cc1C. The zero-order valence-electron chi connectivity index (χ0n) is 8.80. The maximum absolute atomic E-state index is 5.68. The molecule has 0 radical (unpaired) electrons. The van der Waals surface area contributed by atoms with Crippen molar-refractivity contribution in [2.75, 3.05) is 0 Å². The van der Waals surface area contributed by atoms with Crippen molar-refractivity contribution in [2.24, 2.45) is 0 Å². The first-order valence-electron chi connectivity index (χ1n) is 4.55. The van der Waals surface area contributed by atoms with E-state index in [9.17, 15) is 0 Å². The van der Waals surface area contributed by atoms with Gasteiger partial charge >= 0.3 is 0 Å². The first-order chi connectivity index (χ1) is 6.54. The Kier molecular flexibility index (Phi) is 3.76. The van der Waals surface area contributed by atoms with Gasteiger partial charge in [-0.1, -0.05) is 24.3 Å². The van der Waals surface area contributed by atoms with E-state index in [0.717, 1.165) is 16.9 Å². The van der Waals surface area contributed by atoms with E-state index in [-0.39, 0.29) is 5.01 Å². The molecule has 0 saturated heterocycles. The van der Waals surface area contributed by atoms with Gasteiger partial charge in [0.25, 0.3) is 0 Å². The summed E-state index contributed by atoms with van der Waals surface area (Å²) in [6.45, 7) is 9.86. The lowest BCUT2D eigenvalue weighted by atomic mass is 10.1. The van der Waals surface area contributed by atoms with Crippen molar-refractivity contribution in [3.05, 3.63) is 41.5 Å². The van der Waals surface area contributed by atoms with Crippen LogP contribution in [0.5, 0.6) is 5.75 Å². The predicted molar refractivity (Wildman–Crippen MR) is 64.2 cm³/mol. The van der Waals surface area contributed by atoms with Gasteiger partial charge in [0, 0.05) is 0 Å². The Morgan fingerprint density at radius 1 is 1.29 bits per heavy atom. The number of benzene rings is 1. The summed E-state index contributed by atoms with van der Waals surface area (Å²) in [7, 11) is 0. The molecule has 0 bridgehead atoms. The lowest BCUT2D eigenvalue weighted by Crippen LogP contribution is -2.06. The Morgan fingerprint density at radius 3 is 2.21 bits per heavy atom. The van der Waals surface area contributed by atoms with Gasteiger partial charge in [-0.25, -0.2) is 0 Å². The highest BCUT2D eigenvalue weighted by Gasteiger charge is 2.07. The van der Waals surface area contributed by atoms with Crippen LogP contribution in [0.1, 0.15) is 16.7 Å². The molecule has 0 aliphatic heterocycles. The number of hydrogen-bond acceptors (Lipinski definition) is 1. The summed E-state index contributed by atoms with van der Waals surface area (Å²) in [5.41, 5.74) is 3.58. The number of alkyl halides is 1. The van der Waals surface area contributed by atoms with E-state index in [0.29, 0.717) is 0 Å². The highest BCUT2D eigenvalue weighted by molar-refractivity contribution is 9.09. The fourth-order valence-corrected chi connectivity index (χ4v) is 1.70. The van der Waals surface area contributed by atoms with Crippen molar-refractivity contribution in [2.45, 2.75) is 25.8 Å². The zero-order chi connectivity index (χ0) is 10.7. The molecule has 2 heteroatoms. The van der Waals surface area contributed by atoms with Crippen LogP contribution >= 0.6 is 15.9 Å². The fraction of sp³-hybridized carbons (Fsp3) is 0.333. The molecule has 0 aliphatic rings. The molecule has 0 aromatic heterocycles. The predicted octanol–water partition coefficient (Wildman–Crippen LogP) is 3.90. The van der Waals surface area contributed by atoms with Crippen molar-refractivity contribution in [1.29, 1.82) is 0 Å². The third kappa shape index (κ3) is 2.61. The second-order valence-corrected chi connectivity index (χ2v) is 4.34. The Balaban J connectivity index is 3.02. The van der Waals surface area contributed by atoms with E-state index in [1.165, 1.54) is 5.56 Å². The largest absolute Gasteiger partial charge is 0.475 e. The van der Waals surface area contributed by atoms with Gasteiger partial charge in [0.1, 0.15) is 5.75 Å². The lowest BCUT2D eigenvalue weighted by molar-refractivity contribution is 0.334. The van der Waals surface area contributed by atoms with Crippen molar-refractivity contribution in [1.82, 2.24) is 0 Å². The number of rotatable bonds is 3. The smallest absolute Gasteiger partial charge is 0.171 e. The minimum atomic E-state index is -0.123. The van der Waals surface area contributed by atoms with Crippen LogP contribution in [0.2, 0.25) is 0 Å². The molecular formula is C12H15BrO. The number of aryl methyl sites for hydroxylation is 3. The zero-order valence-corrected chi connectivity index (χ0v) is 10.4. The second-order valence-electron chi connectivity index (χ2n) is 3.43. The number of ether oxygens (including phenoxy) is 1. The highest BCUT2D eigenvalue weighted by Crippen LogP contribution is 2.26. The van der Waals surface area contributed by atoms with E-state index in [1.54, 1.807) is 6.08 Å². The average Bonchev–Trinajstić information content (AvgIpc) is 2.10. The van der Waals surface area contributed by atoms with E-state index < -0.39 is 0 Å². The van der Waals surface area contributed by atoms with Crippen LogP contribution in [0.4, 0.5) is 0 Å². The molecule has 0 aliphatic carbocycles. The van der Waals surface area contributed by atoms with Gasteiger partial charge in [-0.2, -0.15) is 0 Å². The van der Waals surface area contributed by atoms with Gasteiger partial charge in [0.15, 0.2) is 5.01 Å². The quantitative estimate of drug-likeness (QED) is 0.588. The van der Waals surface area contributed by atoms with Gasteiger partial charge in [-0.3, -0.25) is 0 Å². The number of halogens is 1. The van der Waals surface area contributed by atoms with Crippen LogP contribution in [0.15, 0.2) is 24.8 Å². The molecule has 0 fully saturated rings. The maximum Gasteiger partial charge on any atom is 0.171 e. The molecule has 0 heterocycles. The van der Waals surface area contributed by atoms with Crippen molar-refractivity contribution < 1.29 is 4.74 Å². The number of hydrogen-bond donors (Lipinski definition) is 0. The van der Waals surface area contributed by atoms with Crippen LogP contribution in [0.3, 0.4) is 0 Å². The standard InChI is InChI=1S/C12H15BrO/c1-5-11(13)14-12-9(3)6-8(2)7-10(12)4/h5-7,11H,1H2,2-4H3. The van der Waals surface area contributed by atoms with Crippen molar-refractivity contribution >= 4 is 15.9 Å². The van der Waals surface area contributed by atoms with E-state index in [2.05, 4.69) is 55.4 Å². The molecule has 0 saturated carbocycles. The third-order valence-corrected chi connectivity index (χ3v) is 2.58. The topological polar surface area (TPSA) is 9.23 Å². The molecule has 0 spiro atoms. The maximum atomic E-state index is 5.68. The minimum Gasteiger partial charge on any atom is -0.475 e. The molecule has 14 heavy (non-hydrogen) atoms. The lowest BCUT2D eigenvalue weighted by Gasteiger charge is -2.15. The Morgan fingerprint density at radius 2 is 1.79 bits per heavy atom. The van der Waals surface area contributed by atoms with Crippen LogP contribution < -0.4 is 4.74 Å². The van der Waals surface area contributed by atoms with Crippen molar-refractivity contribution in [3.8, 4) is 5.75 Å². The molecule has 76 valence electrons. The summed E-state index contributed by atoms with van der Waals surface area (Å²) >= 11 is 3.36. The van der Waals surface area contributed by atoms with E-state index >= 15 is 0 Å². The Labute approximate surface area is 93.9 Å². The first-order valence-corrected chi connectivity index (χ1v) is 5.47. The van der Waals surface area contributed by atoms with Crippen LogP contribution in [0, 0.1) is 20.8 Å².